The van der Waals surface area contributed by atoms with Gasteiger partial charge in [0.1, 0.15) is 0 Å². The maximum absolute atomic E-state index is 5.05. The third-order valence-corrected chi connectivity index (χ3v) is 3.59. The van der Waals surface area contributed by atoms with Crippen LogP contribution < -0.4 is 10.1 Å². The minimum Gasteiger partial charge on any atom is -0.481 e. The molecule has 5 heteroatoms. The summed E-state index contributed by atoms with van der Waals surface area (Å²) in [6.45, 7) is 4.05. The van der Waals surface area contributed by atoms with Crippen molar-refractivity contribution in [2.45, 2.75) is 26.3 Å². The summed E-state index contributed by atoms with van der Waals surface area (Å²) in [5.74, 6) is 0.646. The SMILES string of the molecule is CCCNCc1csc(Cc2ccc(OC)nc2)n1. The molecular formula is C14H19N3OS. The van der Waals surface area contributed by atoms with Gasteiger partial charge in [0.05, 0.1) is 17.8 Å². The number of thiazole rings is 1. The predicted molar refractivity (Wildman–Crippen MR) is 77.7 cm³/mol. The Morgan fingerprint density at radius 1 is 1.37 bits per heavy atom. The average Bonchev–Trinajstić information content (AvgIpc) is 2.88. The number of pyridine rings is 1. The molecule has 0 fully saturated rings. The van der Waals surface area contributed by atoms with Gasteiger partial charge in [0.25, 0.3) is 0 Å². The molecule has 1 N–H and O–H groups in total. The standard InChI is InChI=1S/C14H19N3OS/c1-3-6-15-9-12-10-19-14(17-12)7-11-4-5-13(18-2)16-8-11/h4-5,8,10,15H,3,6-7,9H2,1-2H3. The second kappa shape index (κ2) is 7.21. The van der Waals surface area contributed by atoms with Gasteiger partial charge in [0.2, 0.25) is 5.88 Å². The topological polar surface area (TPSA) is 47.0 Å². The Balaban J connectivity index is 1.91. The minimum absolute atomic E-state index is 0.646. The van der Waals surface area contributed by atoms with E-state index in [-0.39, 0.29) is 0 Å². The molecule has 2 rings (SSSR count). The summed E-state index contributed by atoms with van der Waals surface area (Å²) in [4.78, 5) is 8.82. The Morgan fingerprint density at radius 3 is 2.95 bits per heavy atom. The van der Waals surface area contributed by atoms with E-state index in [0.29, 0.717) is 5.88 Å². The molecule has 19 heavy (non-hydrogen) atoms. The zero-order valence-electron chi connectivity index (χ0n) is 11.3. The monoisotopic (exact) mass is 277 g/mol. The number of nitrogens with one attached hydrogen (secondary N) is 1. The van der Waals surface area contributed by atoms with E-state index in [1.54, 1.807) is 18.4 Å². The van der Waals surface area contributed by atoms with Gasteiger partial charge >= 0.3 is 0 Å². The minimum atomic E-state index is 0.646. The number of ether oxygens (including phenoxy) is 1. The van der Waals surface area contributed by atoms with Crippen LogP contribution in [0.2, 0.25) is 0 Å². The molecular weight excluding hydrogens is 258 g/mol. The van der Waals surface area contributed by atoms with Crippen molar-refractivity contribution in [3.63, 3.8) is 0 Å². The van der Waals surface area contributed by atoms with E-state index in [1.165, 1.54) is 0 Å². The predicted octanol–water partition coefficient (Wildman–Crippen LogP) is 2.64. The van der Waals surface area contributed by atoms with Crippen molar-refractivity contribution >= 4 is 11.3 Å². The quantitative estimate of drug-likeness (QED) is 0.790. The van der Waals surface area contributed by atoms with Crippen LogP contribution in [0.3, 0.4) is 0 Å². The summed E-state index contributed by atoms with van der Waals surface area (Å²) in [6, 6.07) is 3.91. The van der Waals surface area contributed by atoms with Gasteiger partial charge in [-0.1, -0.05) is 13.0 Å². The van der Waals surface area contributed by atoms with Crippen molar-refractivity contribution in [3.05, 3.63) is 40.0 Å². The van der Waals surface area contributed by atoms with Crippen LogP contribution in [0.25, 0.3) is 0 Å². The maximum Gasteiger partial charge on any atom is 0.212 e. The highest BCUT2D eigenvalue weighted by Gasteiger charge is 2.04. The van der Waals surface area contributed by atoms with Gasteiger partial charge in [-0.25, -0.2) is 9.97 Å². The van der Waals surface area contributed by atoms with Crippen LogP contribution in [-0.4, -0.2) is 23.6 Å². The van der Waals surface area contributed by atoms with Crippen molar-refractivity contribution in [2.75, 3.05) is 13.7 Å². The molecule has 2 heterocycles. The first-order chi connectivity index (χ1) is 9.31. The fourth-order valence-corrected chi connectivity index (χ4v) is 2.54. The first-order valence-electron chi connectivity index (χ1n) is 6.44. The van der Waals surface area contributed by atoms with Gasteiger partial charge in [-0.05, 0) is 18.5 Å². The Kier molecular flexibility index (Phi) is 5.30. The van der Waals surface area contributed by atoms with E-state index in [0.717, 1.165) is 42.2 Å². The zero-order chi connectivity index (χ0) is 13.5. The highest BCUT2D eigenvalue weighted by Crippen LogP contribution is 2.15. The fourth-order valence-electron chi connectivity index (χ4n) is 1.72. The van der Waals surface area contributed by atoms with Crippen molar-refractivity contribution in [3.8, 4) is 5.88 Å². The highest BCUT2D eigenvalue weighted by molar-refractivity contribution is 7.09. The summed E-state index contributed by atoms with van der Waals surface area (Å²) in [6.07, 6.45) is 3.82. The number of aromatic nitrogens is 2. The van der Waals surface area contributed by atoms with Crippen molar-refractivity contribution in [1.29, 1.82) is 0 Å². The smallest absolute Gasteiger partial charge is 0.212 e. The van der Waals surface area contributed by atoms with Crippen LogP contribution in [-0.2, 0) is 13.0 Å². The lowest BCUT2D eigenvalue weighted by atomic mass is 10.2. The normalized spacial score (nSPS) is 10.6. The molecule has 2 aromatic heterocycles. The van der Waals surface area contributed by atoms with Crippen molar-refractivity contribution in [1.82, 2.24) is 15.3 Å². The summed E-state index contributed by atoms with van der Waals surface area (Å²) >= 11 is 1.70. The van der Waals surface area contributed by atoms with E-state index in [4.69, 9.17) is 4.74 Å². The lowest BCUT2D eigenvalue weighted by Gasteiger charge is -2.00. The summed E-state index contributed by atoms with van der Waals surface area (Å²) in [5.41, 5.74) is 2.28. The Hall–Kier alpha value is -1.46. The molecule has 0 saturated carbocycles. The molecule has 0 radical (unpaired) electrons. The van der Waals surface area contributed by atoms with Crippen molar-refractivity contribution < 1.29 is 4.74 Å². The lowest BCUT2D eigenvalue weighted by molar-refractivity contribution is 0.397. The molecule has 0 bridgehead atoms. The van der Waals surface area contributed by atoms with Gasteiger partial charge in [-0.15, -0.1) is 11.3 Å². The van der Waals surface area contributed by atoms with E-state index >= 15 is 0 Å². The van der Waals surface area contributed by atoms with Crippen LogP contribution in [0.1, 0.15) is 29.6 Å². The van der Waals surface area contributed by atoms with Gasteiger partial charge in [0.15, 0.2) is 0 Å². The fraction of sp³-hybridized carbons (Fsp3) is 0.429. The summed E-state index contributed by atoms with van der Waals surface area (Å²) in [5, 5.41) is 6.60. The van der Waals surface area contributed by atoms with Gasteiger partial charge < -0.3 is 10.1 Å². The van der Waals surface area contributed by atoms with Gasteiger partial charge in [0, 0.05) is 30.6 Å². The van der Waals surface area contributed by atoms with E-state index in [2.05, 4.69) is 27.6 Å². The molecule has 2 aromatic rings. The Morgan fingerprint density at radius 2 is 2.26 bits per heavy atom. The van der Waals surface area contributed by atoms with Crippen LogP contribution in [0.15, 0.2) is 23.7 Å². The molecule has 0 saturated heterocycles. The van der Waals surface area contributed by atoms with E-state index in [9.17, 15) is 0 Å². The van der Waals surface area contributed by atoms with Crippen LogP contribution in [0.5, 0.6) is 5.88 Å². The van der Waals surface area contributed by atoms with Crippen molar-refractivity contribution in [2.24, 2.45) is 0 Å². The molecule has 0 aliphatic rings. The summed E-state index contributed by atoms with van der Waals surface area (Å²) < 4.78 is 5.05. The molecule has 0 aliphatic heterocycles. The first kappa shape index (κ1) is 14.0. The number of rotatable bonds is 7. The number of methoxy groups -OCH3 is 1. The van der Waals surface area contributed by atoms with Gasteiger partial charge in [-0.3, -0.25) is 0 Å². The molecule has 0 aromatic carbocycles. The molecule has 102 valence electrons. The third kappa shape index (κ3) is 4.29. The van der Waals surface area contributed by atoms with Gasteiger partial charge in [-0.2, -0.15) is 0 Å². The number of hydrogen-bond donors (Lipinski definition) is 1. The molecule has 0 amide bonds. The van der Waals surface area contributed by atoms with Crippen LogP contribution >= 0.6 is 11.3 Å². The first-order valence-corrected chi connectivity index (χ1v) is 7.32. The molecule has 4 nitrogen and oxygen atoms in total. The highest BCUT2D eigenvalue weighted by atomic mass is 32.1. The molecule has 0 aliphatic carbocycles. The van der Waals surface area contributed by atoms with E-state index in [1.807, 2.05) is 18.3 Å². The summed E-state index contributed by atoms with van der Waals surface area (Å²) in [7, 11) is 1.62. The van der Waals surface area contributed by atoms with E-state index < -0.39 is 0 Å². The molecule has 0 unspecified atom stereocenters. The molecule has 0 atom stereocenters. The lowest BCUT2D eigenvalue weighted by Crippen LogP contribution is -2.13. The second-order valence-corrected chi connectivity index (χ2v) is 5.24. The maximum atomic E-state index is 5.05. The number of hydrogen-bond acceptors (Lipinski definition) is 5. The second-order valence-electron chi connectivity index (χ2n) is 4.29. The Labute approximate surface area is 117 Å². The van der Waals surface area contributed by atoms with Crippen LogP contribution in [0.4, 0.5) is 0 Å². The average molecular weight is 277 g/mol. The zero-order valence-corrected chi connectivity index (χ0v) is 12.2. The third-order valence-electron chi connectivity index (χ3n) is 2.69. The molecule has 0 spiro atoms. The Bertz CT molecular complexity index is 496. The largest absolute Gasteiger partial charge is 0.481 e. The number of nitrogens with zero attached hydrogens (tertiary/aromatic N) is 2. The van der Waals surface area contributed by atoms with Crippen LogP contribution in [0, 0.1) is 0 Å².